The minimum absolute atomic E-state index is 0.0783. The Bertz CT molecular complexity index is 818. The van der Waals surface area contributed by atoms with Crippen molar-refractivity contribution >= 4 is 24.9 Å². The fourth-order valence-corrected chi connectivity index (χ4v) is 2.24. The van der Waals surface area contributed by atoms with Crippen LogP contribution in [-0.4, -0.2) is 76.3 Å². The number of nitrogens with two attached hydrogens (primary N) is 1. The third-order valence-electron chi connectivity index (χ3n) is 3.06. The van der Waals surface area contributed by atoms with Crippen LogP contribution in [0.2, 0.25) is 0 Å². The van der Waals surface area contributed by atoms with Crippen LogP contribution < -0.4 is 11.3 Å². The summed E-state index contributed by atoms with van der Waals surface area (Å²) < 4.78 is 18.9. The Morgan fingerprint density at radius 1 is 1.32 bits per heavy atom. The first-order chi connectivity index (χ1) is 11.6. The number of aliphatic hydroxyl groups excluding tert-OH is 3. The van der Waals surface area contributed by atoms with Gasteiger partial charge in [-0.15, -0.1) is 0 Å². The molecule has 0 saturated carbocycles. The number of ether oxygens (including phenoxy) is 1. The average molecular weight is 381 g/mol. The molecule has 1 unspecified atom stereocenters. The monoisotopic (exact) mass is 381 g/mol. The largest absolute Gasteiger partial charge is 0.469 e. The maximum absolute atomic E-state index is 11.0. The molecule has 1 aliphatic heterocycles. The summed E-state index contributed by atoms with van der Waals surface area (Å²) in [5.41, 5.74) is 5.65. The average Bonchev–Trinajstić information content (AvgIpc) is 3.06. The number of phosphoric ester groups is 1. The zero-order chi connectivity index (χ0) is 18.8. The first-order valence-corrected chi connectivity index (χ1v) is 8.20. The molecule has 0 aromatic carbocycles. The Kier molecular flexibility index (Phi) is 5.87. The normalized spacial score (nSPS) is 26.4. The predicted octanol–water partition coefficient (Wildman–Crippen LogP) is -3.24. The second-order valence-corrected chi connectivity index (χ2v) is 6.12. The quantitative estimate of drug-likeness (QED) is 0.245. The molecule has 2 aromatic rings. The summed E-state index contributed by atoms with van der Waals surface area (Å²) in [5.74, 6) is 0.0783. The van der Waals surface area contributed by atoms with Crippen molar-refractivity contribution < 1.29 is 38.9 Å². The number of aromatic nitrogens is 4. The molecule has 0 bridgehead atoms. The summed E-state index contributed by atoms with van der Waals surface area (Å²) >= 11 is 0. The van der Waals surface area contributed by atoms with Gasteiger partial charge in [-0.05, 0) is 0 Å². The van der Waals surface area contributed by atoms with Gasteiger partial charge in [0, 0.05) is 0 Å². The van der Waals surface area contributed by atoms with Crippen LogP contribution in [0.5, 0.6) is 0 Å². The van der Waals surface area contributed by atoms with Crippen molar-refractivity contribution in [3.05, 3.63) is 16.7 Å². The Morgan fingerprint density at radius 2 is 2.00 bits per heavy atom. The highest BCUT2D eigenvalue weighted by Gasteiger charge is 2.42. The number of nitrogens with one attached hydrogen (secondary N) is 2. The summed E-state index contributed by atoms with van der Waals surface area (Å²) in [6.07, 6.45) is -4.27. The molecule has 25 heavy (non-hydrogen) atoms. The van der Waals surface area contributed by atoms with E-state index in [1.807, 2.05) is 0 Å². The second kappa shape index (κ2) is 7.55. The van der Waals surface area contributed by atoms with Crippen molar-refractivity contribution in [3.63, 3.8) is 0 Å². The van der Waals surface area contributed by atoms with Crippen LogP contribution in [0.25, 0.3) is 11.2 Å². The van der Waals surface area contributed by atoms with E-state index < -0.39 is 39.0 Å². The predicted molar refractivity (Wildman–Crippen MR) is 79.8 cm³/mol. The number of imidazole rings is 1. The number of nitrogens with zero attached hydrogens (tertiary/aromatic N) is 2. The van der Waals surface area contributed by atoms with Gasteiger partial charge in [0.1, 0.15) is 18.3 Å². The van der Waals surface area contributed by atoms with Crippen molar-refractivity contribution in [3.8, 4) is 0 Å². The number of fused-ring (bicyclic) bond motifs is 1. The fourth-order valence-electron chi connectivity index (χ4n) is 1.90. The molecule has 1 aliphatic rings. The van der Waals surface area contributed by atoms with E-state index in [1.54, 1.807) is 0 Å². The molecule has 15 heteroatoms. The van der Waals surface area contributed by atoms with Gasteiger partial charge >= 0.3 is 7.82 Å². The van der Waals surface area contributed by atoms with E-state index in [1.165, 1.54) is 6.33 Å². The van der Waals surface area contributed by atoms with Gasteiger partial charge in [-0.3, -0.25) is 14.3 Å². The van der Waals surface area contributed by atoms with E-state index >= 15 is 0 Å². The lowest BCUT2D eigenvalue weighted by atomic mass is 10.1. The topological polar surface area (TPSA) is 237 Å². The molecule has 140 valence electrons. The molecule has 3 heterocycles. The van der Waals surface area contributed by atoms with E-state index in [0.717, 1.165) is 0 Å². The van der Waals surface area contributed by atoms with Gasteiger partial charge in [0.15, 0.2) is 17.5 Å². The summed E-state index contributed by atoms with van der Waals surface area (Å²) in [6, 6.07) is 0. The molecular formula is C10H16N5O9P. The summed E-state index contributed by atoms with van der Waals surface area (Å²) in [5, 5.41) is 27.0. The second-order valence-electron chi connectivity index (χ2n) is 4.88. The van der Waals surface area contributed by atoms with Gasteiger partial charge in [-0.2, -0.15) is 4.98 Å². The van der Waals surface area contributed by atoms with E-state index in [4.69, 9.17) is 30.8 Å². The zero-order valence-corrected chi connectivity index (χ0v) is 13.3. The molecule has 0 amide bonds. The van der Waals surface area contributed by atoms with Gasteiger partial charge in [-0.25, -0.2) is 9.55 Å². The number of aliphatic hydroxyl groups is 3. The third-order valence-corrected chi connectivity index (χ3v) is 3.54. The van der Waals surface area contributed by atoms with Crippen LogP contribution >= 0.6 is 7.82 Å². The lowest BCUT2D eigenvalue weighted by Crippen LogP contribution is -2.34. The van der Waals surface area contributed by atoms with Crippen LogP contribution in [0.4, 0.5) is 5.95 Å². The molecule has 0 radical (unpaired) electrons. The van der Waals surface area contributed by atoms with E-state index in [0.29, 0.717) is 11.2 Å². The standard InChI is InChI=1S/C5H5N5O.C5H11O8P/c6-5-9-3-2(4(11)10-5)7-1-8-3;6-3-2(1-12-14(9,10)11)13-5(8)4(3)7/h1H,(H4,6,7,8,9,10,11);2-8H,1H2,(H2,9,10,11)/t;2-,3-,4-,5?/m.1/s1. The molecule has 2 aromatic heterocycles. The number of aromatic amines is 2. The Balaban J connectivity index is 0.000000185. The Morgan fingerprint density at radius 3 is 2.56 bits per heavy atom. The molecule has 3 rings (SSSR count). The van der Waals surface area contributed by atoms with Crippen molar-refractivity contribution in [2.75, 3.05) is 12.3 Å². The van der Waals surface area contributed by atoms with Crippen LogP contribution in [0, 0.1) is 0 Å². The molecule has 0 aliphatic carbocycles. The number of phosphoric acid groups is 1. The number of rotatable bonds is 3. The van der Waals surface area contributed by atoms with Crippen molar-refractivity contribution in [2.24, 2.45) is 0 Å². The van der Waals surface area contributed by atoms with Gasteiger partial charge in [0.2, 0.25) is 5.95 Å². The molecular weight excluding hydrogens is 365 g/mol. The highest BCUT2D eigenvalue weighted by Crippen LogP contribution is 2.36. The fraction of sp³-hybridized carbons (Fsp3) is 0.500. The first-order valence-electron chi connectivity index (χ1n) is 6.67. The van der Waals surface area contributed by atoms with Crippen LogP contribution in [0.15, 0.2) is 11.1 Å². The van der Waals surface area contributed by atoms with Crippen LogP contribution in [-0.2, 0) is 13.8 Å². The van der Waals surface area contributed by atoms with Gasteiger partial charge in [0.05, 0.1) is 12.9 Å². The molecule has 4 atom stereocenters. The number of hydrogen-bond donors (Lipinski definition) is 8. The number of hydrogen-bond acceptors (Lipinski definition) is 10. The third kappa shape index (κ3) is 5.04. The summed E-state index contributed by atoms with van der Waals surface area (Å²) in [6.45, 7) is -0.612. The molecule has 1 saturated heterocycles. The van der Waals surface area contributed by atoms with Crippen molar-refractivity contribution in [1.29, 1.82) is 0 Å². The molecule has 0 spiro atoms. The smallest absolute Gasteiger partial charge is 0.387 e. The zero-order valence-electron chi connectivity index (χ0n) is 12.4. The first kappa shape index (κ1) is 19.4. The van der Waals surface area contributed by atoms with Crippen LogP contribution in [0.3, 0.4) is 0 Å². The molecule has 9 N–H and O–H groups in total. The lowest BCUT2D eigenvalue weighted by molar-refractivity contribution is -0.132. The minimum atomic E-state index is -4.64. The number of anilines is 1. The Hall–Kier alpha value is -1.90. The van der Waals surface area contributed by atoms with Crippen molar-refractivity contribution in [2.45, 2.75) is 24.6 Å². The highest BCUT2D eigenvalue weighted by molar-refractivity contribution is 7.46. The molecule has 14 nitrogen and oxygen atoms in total. The summed E-state index contributed by atoms with van der Waals surface area (Å²) in [4.78, 5) is 40.2. The van der Waals surface area contributed by atoms with Gasteiger partial charge in [-0.1, -0.05) is 0 Å². The van der Waals surface area contributed by atoms with Crippen molar-refractivity contribution in [1.82, 2.24) is 19.9 Å². The van der Waals surface area contributed by atoms with E-state index in [2.05, 4.69) is 29.2 Å². The highest BCUT2D eigenvalue weighted by atomic mass is 31.2. The summed E-state index contributed by atoms with van der Waals surface area (Å²) in [7, 11) is -4.64. The SMILES string of the molecule is Nc1nc2nc[nH]c2c(=O)[nH]1.O=P(O)(O)OC[C@H]1OC(O)[C@H](O)[C@@H]1O. The maximum Gasteiger partial charge on any atom is 0.469 e. The minimum Gasteiger partial charge on any atom is -0.387 e. The van der Waals surface area contributed by atoms with E-state index in [-0.39, 0.29) is 11.5 Å². The van der Waals surface area contributed by atoms with Crippen LogP contribution in [0.1, 0.15) is 0 Å². The van der Waals surface area contributed by atoms with E-state index in [9.17, 15) is 9.36 Å². The Labute approximate surface area is 138 Å². The number of H-pyrrole nitrogens is 2. The maximum atomic E-state index is 11.0. The lowest BCUT2D eigenvalue weighted by Gasteiger charge is -2.14. The number of nitrogen functional groups attached to an aromatic ring is 1. The van der Waals surface area contributed by atoms with Gasteiger partial charge < -0.3 is 40.6 Å². The van der Waals surface area contributed by atoms with Gasteiger partial charge in [0.25, 0.3) is 5.56 Å². The molecule has 1 fully saturated rings.